The number of benzene rings is 1. The molecule has 0 amide bonds. The Labute approximate surface area is 143 Å². The maximum absolute atomic E-state index is 11.3. The van der Waals surface area contributed by atoms with Crippen LogP contribution in [0.5, 0.6) is 0 Å². The van der Waals surface area contributed by atoms with Gasteiger partial charge < -0.3 is 10.1 Å². The van der Waals surface area contributed by atoms with Crippen LogP contribution in [0.25, 0.3) is 11.3 Å². The first kappa shape index (κ1) is 16.2. The van der Waals surface area contributed by atoms with Crippen molar-refractivity contribution in [1.29, 1.82) is 0 Å². The van der Waals surface area contributed by atoms with Crippen LogP contribution in [0, 0.1) is 5.92 Å². The Morgan fingerprint density at radius 1 is 1.43 bits per heavy atom. The molecule has 0 bridgehead atoms. The topological polar surface area (TPSA) is 69.2 Å². The molecular weight excluding hydrogens is 358 g/mol. The van der Waals surface area contributed by atoms with Gasteiger partial charge in [-0.2, -0.15) is 0 Å². The molecule has 1 aliphatic heterocycles. The van der Waals surface area contributed by atoms with Crippen LogP contribution in [0.4, 0.5) is 0 Å². The summed E-state index contributed by atoms with van der Waals surface area (Å²) in [6.45, 7) is 3.57. The summed E-state index contributed by atoms with van der Waals surface area (Å²) < 4.78 is 1.04. The third-order valence-electron chi connectivity index (χ3n) is 4.57. The molecule has 2 N–H and O–H groups in total. The molecule has 2 heterocycles. The van der Waals surface area contributed by atoms with Crippen LogP contribution in [-0.4, -0.2) is 38.5 Å². The first-order valence-electron chi connectivity index (χ1n) is 7.81. The lowest BCUT2D eigenvalue weighted by Gasteiger charge is -2.36. The molecule has 122 valence electrons. The fourth-order valence-corrected chi connectivity index (χ4v) is 3.44. The second-order valence-corrected chi connectivity index (χ2v) is 6.96. The number of H-pyrrole nitrogens is 1. The number of aliphatic carboxylic acids is 1. The monoisotopic (exact) mass is 377 g/mol. The number of halogens is 1. The summed E-state index contributed by atoms with van der Waals surface area (Å²) in [5, 5.41) is 9.31. The minimum atomic E-state index is -0.697. The molecule has 0 spiro atoms. The van der Waals surface area contributed by atoms with Gasteiger partial charge in [0, 0.05) is 10.5 Å². The lowest BCUT2D eigenvalue weighted by atomic mass is 9.90. The number of likely N-dealkylation sites (tertiary alicyclic amines) is 1. The maximum atomic E-state index is 11.3. The smallest absolute Gasteiger partial charge is 0.308 e. The molecule has 0 radical (unpaired) electrons. The molecule has 1 aromatic heterocycles. The molecule has 23 heavy (non-hydrogen) atoms. The summed E-state index contributed by atoms with van der Waals surface area (Å²) in [4.78, 5) is 21.3. The van der Waals surface area contributed by atoms with E-state index in [4.69, 9.17) is 0 Å². The van der Waals surface area contributed by atoms with E-state index in [1.807, 2.05) is 37.4 Å². The third kappa shape index (κ3) is 3.64. The Kier molecular flexibility index (Phi) is 4.82. The van der Waals surface area contributed by atoms with Gasteiger partial charge in [-0.05, 0) is 44.0 Å². The number of piperidine rings is 1. The van der Waals surface area contributed by atoms with Crippen LogP contribution in [-0.2, 0) is 11.3 Å². The molecule has 1 saturated heterocycles. The molecule has 1 aromatic carbocycles. The summed E-state index contributed by atoms with van der Waals surface area (Å²) >= 11 is 3.43. The van der Waals surface area contributed by atoms with Gasteiger partial charge in [-0.15, -0.1) is 0 Å². The van der Waals surface area contributed by atoms with Crippen LogP contribution in [0.15, 0.2) is 34.9 Å². The first-order chi connectivity index (χ1) is 11.0. The third-order valence-corrected chi connectivity index (χ3v) is 5.10. The number of hydrogen-bond donors (Lipinski definition) is 2. The van der Waals surface area contributed by atoms with Crippen molar-refractivity contribution in [2.75, 3.05) is 6.54 Å². The second kappa shape index (κ2) is 6.84. The predicted molar refractivity (Wildman–Crippen MR) is 92.0 cm³/mol. The van der Waals surface area contributed by atoms with Gasteiger partial charge in [0.05, 0.1) is 24.4 Å². The van der Waals surface area contributed by atoms with E-state index >= 15 is 0 Å². The van der Waals surface area contributed by atoms with E-state index in [0.717, 1.165) is 40.9 Å². The van der Waals surface area contributed by atoms with Crippen molar-refractivity contribution in [3.8, 4) is 11.3 Å². The maximum Gasteiger partial charge on any atom is 0.308 e. The minimum Gasteiger partial charge on any atom is -0.481 e. The van der Waals surface area contributed by atoms with Crippen LogP contribution >= 0.6 is 15.9 Å². The molecule has 5 nitrogen and oxygen atoms in total. The van der Waals surface area contributed by atoms with Crippen molar-refractivity contribution in [2.24, 2.45) is 5.92 Å². The molecule has 2 aromatic rings. The highest BCUT2D eigenvalue weighted by Gasteiger charge is 2.33. The Hall–Kier alpha value is -1.66. The van der Waals surface area contributed by atoms with E-state index in [9.17, 15) is 9.90 Å². The zero-order valence-electron chi connectivity index (χ0n) is 13.0. The number of hydrogen-bond acceptors (Lipinski definition) is 3. The highest BCUT2D eigenvalue weighted by molar-refractivity contribution is 9.10. The number of carbonyl (C=O) groups is 1. The molecule has 1 aliphatic rings. The number of carboxylic acids is 1. The molecule has 3 rings (SSSR count). The summed E-state index contributed by atoms with van der Waals surface area (Å²) in [5.74, 6) is -0.109. The van der Waals surface area contributed by atoms with Gasteiger partial charge in [0.1, 0.15) is 5.82 Å². The summed E-state index contributed by atoms with van der Waals surface area (Å²) in [6, 6.07) is 8.10. The Balaban J connectivity index is 1.71. The van der Waals surface area contributed by atoms with Crippen molar-refractivity contribution < 1.29 is 9.90 Å². The van der Waals surface area contributed by atoms with E-state index in [1.54, 1.807) is 0 Å². The van der Waals surface area contributed by atoms with Gasteiger partial charge in [0.2, 0.25) is 0 Å². The minimum absolute atomic E-state index is 0.0301. The fourth-order valence-electron chi connectivity index (χ4n) is 3.18. The molecule has 0 aliphatic carbocycles. The van der Waals surface area contributed by atoms with Crippen molar-refractivity contribution in [3.63, 3.8) is 0 Å². The molecule has 0 unspecified atom stereocenters. The summed E-state index contributed by atoms with van der Waals surface area (Å²) in [7, 11) is 0. The van der Waals surface area contributed by atoms with Crippen molar-refractivity contribution >= 4 is 21.9 Å². The number of imidazole rings is 1. The van der Waals surface area contributed by atoms with Gasteiger partial charge in [-0.1, -0.05) is 28.1 Å². The first-order valence-corrected chi connectivity index (χ1v) is 8.60. The van der Waals surface area contributed by atoms with Gasteiger partial charge in [-0.3, -0.25) is 9.69 Å². The van der Waals surface area contributed by atoms with Crippen molar-refractivity contribution in [3.05, 3.63) is 40.8 Å². The van der Waals surface area contributed by atoms with Gasteiger partial charge >= 0.3 is 5.97 Å². The zero-order valence-corrected chi connectivity index (χ0v) is 14.6. The molecular formula is C17H20BrN3O2. The number of nitrogens with one attached hydrogen (secondary N) is 1. The van der Waals surface area contributed by atoms with Gasteiger partial charge in [0.15, 0.2) is 0 Å². The fraction of sp³-hybridized carbons (Fsp3) is 0.412. The molecule has 6 heteroatoms. The van der Waals surface area contributed by atoms with Crippen molar-refractivity contribution in [1.82, 2.24) is 14.9 Å². The van der Waals surface area contributed by atoms with Gasteiger partial charge in [-0.25, -0.2) is 4.98 Å². The number of carboxylic acid groups (broad SMARTS) is 1. The number of aromatic amines is 1. The zero-order chi connectivity index (χ0) is 16.4. The number of nitrogens with zero attached hydrogens (tertiary/aromatic N) is 2. The average Bonchev–Trinajstić information content (AvgIpc) is 2.98. The second-order valence-electron chi connectivity index (χ2n) is 6.05. The highest BCUT2D eigenvalue weighted by Crippen LogP contribution is 2.26. The summed E-state index contributed by atoms with van der Waals surface area (Å²) in [6.07, 6.45) is 3.51. The Morgan fingerprint density at radius 3 is 2.87 bits per heavy atom. The molecule has 2 atom stereocenters. The quantitative estimate of drug-likeness (QED) is 0.854. The van der Waals surface area contributed by atoms with Gasteiger partial charge in [0.25, 0.3) is 0 Å². The lowest BCUT2D eigenvalue weighted by Crippen LogP contribution is -2.45. The van der Waals surface area contributed by atoms with E-state index < -0.39 is 5.97 Å². The van der Waals surface area contributed by atoms with E-state index in [0.29, 0.717) is 6.54 Å². The van der Waals surface area contributed by atoms with E-state index in [1.165, 1.54) is 0 Å². The highest BCUT2D eigenvalue weighted by atomic mass is 79.9. The van der Waals surface area contributed by atoms with E-state index in [2.05, 4.69) is 30.8 Å². The largest absolute Gasteiger partial charge is 0.481 e. The van der Waals surface area contributed by atoms with Crippen molar-refractivity contribution in [2.45, 2.75) is 32.4 Å². The summed E-state index contributed by atoms with van der Waals surface area (Å²) in [5.41, 5.74) is 2.06. The predicted octanol–water partition coefficient (Wildman–Crippen LogP) is 3.52. The Morgan fingerprint density at radius 2 is 2.17 bits per heavy atom. The molecule has 1 fully saturated rings. The normalized spacial score (nSPS) is 22.2. The van der Waals surface area contributed by atoms with Crippen LogP contribution in [0.1, 0.15) is 25.6 Å². The average molecular weight is 378 g/mol. The van der Waals surface area contributed by atoms with Crippen LogP contribution in [0.3, 0.4) is 0 Å². The van der Waals surface area contributed by atoms with E-state index in [-0.39, 0.29) is 12.0 Å². The van der Waals surface area contributed by atoms with Crippen LogP contribution in [0.2, 0.25) is 0 Å². The lowest BCUT2D eigenvalue weighted by molar-refractivity contribution is -0.145. The SMILES string of the molecule is C[C@@H]1[C@H](C(=O)O)CCCN1Cc1ncc(-c2ccc(Br)cc2)[nH]1. The Bertz CT molecular complexity index is 683. The number of rotatable bonds is 4. The standard InChI is InChI=1S/C17H20BrN3O2/c1-11-14(17(22)23)3-2-8-21(11)10-16-19-9-15(20-16)12-4-6-13(18)7-5-12/h4-7,9,11,14H,2-3,8,10H2,1H3,(H,19,20)(H,22,23)/t11-,14-/m1/s1. The van der Waals surface area contributed by atoms with Crippen LogP contribution < -0.4 is 0 Å². The molecule has 0 saturated carbocycles. The number of aromatic nitrogens is 2.